The van der Waals surface area contributed by atoms with Crippen LogP contribution in [0.2, 0.25) is 0 Å². The minimum atomic E-state index is -0.383. The Bertz CT molecular complexity index is 1240. The summed E-state index contributed by atoms with van der Waals surface area (Å²) < 4.78 is 2.06. The predicted octanol–water partition coefficient (Wildman–Crippen LogP) is 5.20. The summed E-state index contributed by atoms with van der Waals surface area (Å²) >= 11 is 0. The first-order valence-electron chi connectivity index (χ1n) is 8.49. The summed E-state index contributed by atoms with van der Waals surface area (Å²) in [5.74, 6) is 0. The van der Waals surface area contributed by atoms with Crippen molar-refractivity contribution >= 4 is 33.2 Å². The highest BCUT2D eigenvalue weighted by atomic mass is 16.6. The molecular weight excluding hydrogens is 342 g/mol. The number of rotatable bonds is 3. The quantitative estimate of drug-likeness (QED) is 0.236. The third kappa shape index (κ3) is 2.62. The molecule has 0 amide bonds. The minimum absolute atomic E-state index is 0.0583. The van der Waals surface area contributed by atoms with Crippen molar-refractivity contribution in [1.82, 2.24) is 4.57 Å². The maximum absolute atomic E-state index is 11.2. The molecule has 0 spiro atoms. The summed E-state index contributed by atoms with van der Waals surface area (Å²) in [6.07, 6.45) is 0. The van der Waals surface area contributed by atoms with Gasteiger partial charge in [0.05, 0.1) is 27.4 Å². The number of non-ortho nitro benzene ring substituents is 1. The zero-order chi connectivity index (χ0) is 19.1. The standard InChI is InChI=1S/C21H17N3O3/c1-13-7-9-16(14(2)22-25)21(11-13)23-19-6-4-3-5-17(19)18-12-15(24(26)27)8-10-20(18)23/h3-12,25H,1-2H3/b22-14+. The van der Waals surface area contributed by atoms with E-state index in [9.17, 15) is 15.3 Å². The Morgan fingerprint density at radius 1 is 1.04 bits per heavy atom. The van der Waals surface area contributed by atoms with Crippen molar-refractivity contribution in [3.05, 3.63) is 81.9 Å². The van der Waals surface area contributed by atoms with Gasteiger partial charge in [-0.1, -0.05) is 35.5 Å². The first kappa shape index (κ1) is 16.8. The molecule has 6 heteroatoms. The second-order valence-corrected chi connectivity index (χ2v) is 6.52. The van der Waals surface area contributed by atoms with Gasteiger partial charge in [-0.25, -0.2) is 0 Å². The van der Waals surface area contributed by atoms with E-state index >= 15 is 0 Å². The van der Waals surface area contributed by atoms with E-state index in [-0.39, 0.29) is 10.6 Å². The molecule has 6 nitrogen and oxygen atoms in total. The molecule has 0 unspecified atom stereocenters. The maximum Gasteiger partial charge on any atom is 0.270 e. The number of hydrogen-bond donors (Lipinski definition) is 1. The first-order valence-corrected chi connectivity index (χ1v) is 8.49. The molecule has 0 saturated carbocycles. The van der Waals surface area contributed by atoms with Crippen LogP contribution in [-0.4, -0.2) is 20.4 Å². The molecule has 134 valence electrons. The topological polar surface area (TPSA) is 80.7 Å². The molecular formula is C21H17N3O3. The summed E-state index contributed by atoms with van der Waals surface area (Å²) in [5, 5.41) is 25.7. The Balaban J connectivity index is 2.17. The Morgan fingerprint density at radius 3 is 2.52 bits per heavy atom. The lowest BCUT2D eigenvalue weighted by Gasteiger charge is -2.14. The van der Waals surface area contributed by atoms with Gasteiger partial charge >= 0.3 is 0 Å². The number of oxime groups is 1. The highest BCUT2D eigenvalue weighted by Gasteiger charge is 2.18. The first-order chi connectivity index (χ1) is 13.0. The summed E-state index contributed by atoms with van der Waals surface area (Å²) in [4.78, 5) is 10.9. The number of fused-ring (bicyclic) bond motifs is 3. The molecule has 4 rings (SSSR count). The average Bonchev–Trinajstić information content (AvgIpc) is 3.01. The molecule has 0 saturated heterocycles. The highest BCUT2D eigenvalue weighted by Crippen LogP contribution is 2.35. The number of nitro groups is 1. The molecule has 1 aromatic heterocycles. The number of hydrogen-bond acceptors (Lipinski definition) is 4. The Morgan fingerprint density at radius 2 is 1.78 bits per heavy atom. The molecule has 0 aliphatic rings. The van der Waals surface area contributed by atoms with Gasteiger partial charge in [-0.15, -0.1) is 0 Å². The number of aryl methyl sites for hydroxylation is 1. The Kier molecular flexibility index (Phi) is 3.88. The Hall–Kier alpha value is -3.67. The lowest BCUT2D eigenvalue weighted by Crippen LogP contribution is -2.05. The molecule has 1 heterocycles. The number of nitrogens with zero attached hydrogens (tertiary/aromatic N) is 3. The van der Waals surface area contributed by atoms with Crippen LogP contribution in [-0.2, 0) is 0 Å². The van der Waals surface area contributed by atoms with Gasteiger partial charge in [0.1, 0.15) is 0 Å². The van der Waals surface area contributed by atoms with Crippen LogP contribution in [0.1, 0.15) is 18.1 Å². The van der Waals surface area contributed by atoms with E-state index in [4.69, 9.17) is 0 Å². The largest absolute Gasteiger partial charge is 0.411 e. The second kappa shape index (κ2) is 6.25. The molecule has 1 N–H and O–H groups in total. The van der Waals surface area contributed by atoms with Crippen LogP contribution in [0, 0.1) is 17.0 Å². The van der Waals surface area contributed by atoms with Crippen LogP contribution in [0.15, 0.2) is 65.8 Å². The van der Waals surface area contributed by atoms with Crippen LogP contribution in [0.25, 0.3) is 27.5 Å². The lowest BCUT2D eigenvalue weighted by molar-refractivity contribution is -0.384. The summed E-state index contributed by atoms with van der Waals surface area (Å²) in [5.41, 5.74) is 5.08. The lowest BCUT2D eigenvalue weighted by atomic mass is 10.1. The third-order valence-corrected chi connectivity index (χ3v) is 4.80. The van der Waals surface area contributed by atoms with Gasteiger partial charge in [-0.2, -0.15) is 0 Å². The van der Waals surface area contributed by atoms with E-state index in [2.05, 4.69) is 9.72 Å². The SMILES string of the molecule is C/C(=N\O)c1ccc(C)cc1-n1c2ccccc2c2cc([N+](=O)[O-])ccc21. The van der Waals surface area contributed by atoms with E-state index in [1.165, 1.54) is 6.07 Å². The zero-order valence-electron chi connectivity index (χ0n) is 14.9. The number of nitro benzene ring substituents is 1. The normalized spacial score (nSPS) is 12.0. The monoisotopic (exact) mass is 359 g/mol. The van der Waals surface area contributed by atoms with Crippen LogP contribution in [0.3, 0.4) is 0 Å². The zero-order valence-corrected chi connectivity index (χ0v) is 14.9. The fraction of sp³-hybridized carbons (Fsp3) is 0.0952. The summed E-state index contributed by atoms with van der Waals surface area (Å²) in [7, 11) is 0. The number of benzene rings is 3. The third-order valence-electron chi connectivity index (χ3n) is 4.80. The van der Waals surface area contributed by atoms with Crippen LogP contribution in [0.4, 0.5) is 5.69 Å². The molecule has 0 bridgehead atoms. The summed E-state index contributed by atoms with van der Waals surface area (Å²) in [6, 6.07) is 18.6. The van der Waals surface area contributed by atoms with Gasteiger partial charge in [0, 0.05) is 28.5 Å². The molecule has 27 heavy (non-hydrogen) atoms. The van der Waals surface area contributed by atoms with Gasteiger partial charge in [-0.05, 0) is 37.6 Å². The highest BCUT2D eigenvalue weighted by molar-refractivity contribution is 6.11. The molecule has 0 atom stereocenters. The second-order valence-electron chi connectivity index (χ2n) is 6.52. The predicted molar refractivity (Wildman–Crippen MR) is 106 cm³/mol. The Labute approximate surface area is 155 Å². The van der Waals surface area contributed by atoms with Gasteiger partial charge in [0.25, 0.3) is 5.69 Å². The van der Waals surface area contributed by atoms with Gasteiger partial charge in [0.15, 0.2) is 0 Å². The summed E-state index contributed by atoms with van der Waals surface area (Å²) in [6.45, 7) is 3.74. The van der Waals surface area contributed by atoms with Crippen molar-refractivity contribution in [3.8, 4) is 5.69 Å². The number of aromatic nitrogens is 1. The fourth-order valence-electron chi connectivity index (χ4n) is 3.52. The molecule has 0 aliphatic carbocycles. The van der Waals surface area contributed by atoms with Crippen LogP contribution >= 0.6 is 0 Å². The minimum Gasteiger partial charge on any atom is -0.411 e. The van der Waals surface area contributed by atoms with Gasteiger partial charge < -0.3 is 9.77 Å². The van der Waals surface area contributed by atoms with Crippen molar-refractivity contribution < 1.29 is 10.1 Å². The van der Waals surface area contributed by atoms with E-state index in [0.717, 1.165) is 38.6 Å². The molecule has 0 radical (unpaired) electrons. The van der Waals surface area contributed by atoms with E-state index in [1.807, 2.05) is 49.4 Å². The molecule has 3 aromatic carbocycles. The van der Waals surface area contributed by atoms with E-state index in [1.54, 1.807) is 19.1 Å². The smallest absolute Gasteiger partial charge is 0.270 e. The van der Waals surface area contributed by atoms with Crippen molar-refractivity contribution in [1.29, 1.82) is 0 Å². The van der Waals surface area contributed by atoms with E-state index < -0.39 is 0 Å². The average molecular weight is 359 g/mol. The number of para-hydroxylation sites is 1. The van der Waals surface area contributed by atoms with Crippen molar-refractivity contribution in [2.75, 3.05) is 0 Å². The maximum atomic E-state index is 11.2. The molecule has 0 fully saturated rings. The van der Waals surface area contributed by atoms with Crippen LogP contribution in [0.5, 0.6) is 0 Å². The van der Waals surface area contributed by atoms with E-state index in [0.29, 0.717) is 5.71 Å². The van der Waals surface area contributed by atoms with Crippen molar-refractivity contribution in [2.45, 2.75) is 13.8 Å². The molecule has 0 aliphatic heterocycles. The van der Waals surface area contributed by atoms with Gasteiger partial charge in [0.2, 0.25) is 0 Å². The van der Waals surface area contributed by atoms with Crippen molar-refractivity contribution in [3.63, 3.8) is 0 Å². The molecule has 4 aromatic rings. The van der Waals surface area contributed by atoms with Gasteiger partial charge in [-0.3, -0.25) is 10.1 Å². The fourth-order valence-corrected chi connectivity index (χ4v) is 3.52. The van der Waals surface area contributed by atoms with Crippen molar-refractivity contribution in [2.24, 2.45) is 5.16 Å². The van der Waals surface area contributed by atoms with Crippen LogP contribution < -0.4 is 0 Å².